The van der Waals surface area contributed by atoms with Gasteiger partial charge in [-0.15, -0.1) is 0 Å². The van der Waals surface area contributed by atoms with Crippen LogP contribution in [0.1, 0.15) is 45.4 Å². The fourth-order valence-electron chi connectivity index (χ4n) is 4.20. The average molecular weight is 466 g/mol. The standard InChI is InChI=1S/C25H28FN5O3/c1-4-34-25(33)19-6-11-22(27-16-19)29-12-5-13-30(15-14-29)24(32)23-17(2)28-31(18(23)3)21-9-7-20(26)8-10-21/h6-11,16H,4-5,12-15H2,1-3H3. The molecule has 4 rings (SSSR count). The van der Waals surface area contributed by atoms with Crippen LogP contribution in [-0.2, 0) is 4.74 Å². The van der Waals surface area contributed by atoms with Gasteiger partial charge < -0.3 is 14.5 Å². The highest BCUT2D eigenvalue weighted by atomic mass is 19.1. The van der Waals surface area contributed by atoms with Crippen LogP contribution in [0.4, 0.5) is 10.2 Å². The third kappa shape index (κ3) is 4.78. The molecule has 1 saturated heterocycles. The Kier molecular flexibility index (Phi) is 6.90. The minimum absolute atomic E-state index is 0.0594. The zero-order chi connectivity index (χ0) is 24.2. The summed E-state index contributed by atoms with van der Waals surface area (Å²) in [5.74, 6) is -0.00324. The van der Waals surface area contributed by atoms with Crippen molar-refractivity contribution in [1.29, 1.82) is 0 Å². The Morgan fingerprint density at radius 2 is 1.79 bits per heavy atom. The van der Waals surface area contributed by atoms with Crippen molar-refractivity contribution in [2.45, 2.75) is 27.2 Å². The number of nitrogens with zero attached hydrogens (tertiary/aromatic N) is 5. The van der Waals surface area contributed by atoms with Gasteiger partial charge >= 0.3 is 5.97 Å². The van der Waals surface area contributed by atoms with Crippen LogP contribution >= 0.6 is 0 Å². The van der Waals surface area contributed by atoms with Crippen molar-refractivity contribution in [2.24, 2.45) is 0 Å². The average Bonchev–Trinajstić information content (AvgIpc) is 3.00. The van der Waals surface area contributed by atoms with Crippen molar-refractivity contribution in [2.75, 3.05) is 37.7 Å². The highest BCUT2D eigenvalue weighted by Crippen LogP contribution is 2.22. The van der Waals surface area contributed by atoms with Gasteiger partial charge in [-0.2, -0.15) is 5.10 Å². The number of pyridine rings is 1. The van der Waals surface area contributed by atoms with E-state index < -0.39 is 0 Å². The lowest BCUT2D eigenvalue weighted by Crippen LogP contribution is -2.36. The molecule has 0 unspecified atom stereocenters. The van der Waals surface area contributed by atoms with Crippen LogP contribution in [-0.4, -0.2) is 64.3 Å². The van der Waals surface area contributed by atoms with Crippen LogP contribution in [0.15, 0.2) is 42.6 Å². The highest BCUT2D eigenvalue weighted by molar-refractivity contribution is 5.96. The molecule has 0 aliphatic carbocycles. The zero-order valence-electron chi connectivity index (χ0n) is 19.6. The zero-order valence-corrected chi connectivity index (χ0v) is 19.6. The topological polar surface area (TPSA) is 80.6 Å². The second-order valence-electron chi connectivity index (χ2n) is 8.19. The van der Waals surface area contributed by atoms with E-state index in [1.807, 2.05) is 24.8 Å². The molecule has 1 amide bonds. The molecule has 1 fully saturated rings. The van der Waals surface area contributed by atoms with E-state index in [0.29, 0.717) is 48.7 Å². The molecule has 0 saturated carbocycles. The minimum Gasteiger partial charge on any atom is -0.462 e. The predicted octanol–water partition coefficient (Wildman–Crippen LogP) is 3.55. The summed E-state index contributed by atoms with van der Waals surface area (Å²) in [6.45, 7) is 8.30. The second-order valence-corrected chi connectivity index (χ2v) is 8.19. The number of benzene rings is 1. The van der Waals surface area contributed by atoms with E-state index in [1.54, 1.807) is 29.8 Å². The molecule has 178 valence electrons. The van der Waals surface area contributed by atoms with E-state index in [0.717, 1.165) is 24.5 Å². The maximum absolute atomic E-state index is 13.4. The third-order valence-corrected chi connectivity index (χ3v) is 5.94. The molecule has 9 heteroatoms. The summed E-state index contributed by atoms with van der Waals surface area (Å²) in [6.07, 6.45) is 2.31. The van der Waals surface area contributed by atoms with E-state index >= 15 is 0 Å². The van der Waals surface area contributed by atoms with Gasteiger partial charge in [0.05, 0.1) is 34.8 Å². The first-order chi connectivity index (χ1) is 16.4. The number of amides is 1. The summed E-state index contributed by atoms with van der Waals surface area (Å²) in [5, 5.41) is 4.54. The largest absolute Gasteiger partial charge is 0.462 e. The summed E-state index contributed by atoms with van der Waals surface area (Å²) in [5.41, 5.74) is 3.08. The Bertz CT molecular complexity index is 1170. The van der Waals surface area contributed by atoms with E-state index in [1.165, 1.54) is 18.3 Å². The molecule has 0 radical (unpaired) electrons. The fraction of sp³-hybridized carbons (Fsp3) is 0.360. The number of aryl methyl sites for hydroxylation is 1. The quantitative estimate of drug-likeness (QED) is 0.536. The lowest BCUT2D eigenvalue weighted by Gasteiger charge is -2.23. The highest BCUT2D eigenvalue weighted by Gasteiger charge is 2.26. The van der Waals surface area contributed by atoms with Crippen LogP contribution in [0, 0.1) is 19.7 Å². The van der Waals surface area contributed by atoms with Crippen LogP contribution < -0.4 is 4.90 Å². The molecule has 1 aliphatic rings. The monoisotopic (exact) mass is 465 g/mol. The van der Waals surface area contributed by atoms with Gasteiger partial charge in [0.25, 0.3) is 5.91 Å². The van der Waals surface area contributed by atoms with Gasteiger partial charge in [0.1, 0.15) is 11.6 Å². The van der Waals surface area contributed by atoms with Gasteiger partial charge in [-0.05, 0) is 63.6 Å². The van der Waals surface area contributed by atoms with Crippen molar-refractivity contribution < 1.29 is 18.7 Å². The number of rotatable bonds is 5. The van der Waals surface area contributed by atoms with Crippen molar-refractivity contribution in [3.8, 4) is 5.69 Å². The molecule has 2 aromatic heterocycles. The molecule has 3 heterocycles. The number of carbonyl (C=O) groups is 2. The van der Waals surface area contributed by atoms with Crippen molar-refractivity contribution in [3.63, 3.8) is 0 Å². The smallest absolute Gasteiger partial charge is 0.339 e. The Hall–Kier alpha value is -3.75. The number of anilines is 1. The Morgan fingerprint density at radius 1 is 1.03 bits per heavy atom. The van der Waals surface area contributed by atoms with Gasteiger partial charge in [-0.25, -0.2) is 18.9 Å². The molecule has 0 spiro atoms. The van der Waals surface area contributed by atoms with Crippen LogP contribution in [0.25, 0.3) is 5.69 Å². The molecule has 3 aromatic rings. The van der Waals surface area contributed by atoms with Gasteiger partial charge in [0.2, 0.25) is 0 Å². The summed E-state index contributed by atoms with van der Waals surface area (Å²) >= 11 is 0. The van der Waals surface area contributed by atoms with Crippen molar-refractivity contribution >= 4 is 17.7 Å². The number of ether oxygens (including phenoxy) is 1. The van der Waals surface area contributed by atoms with Gasteiger partial charge in [-0.3, -0.25) is 4.79 Å². The summed E-state index contributed by atoms with van der Waals surface area (Å²) in [4.78, 5) is 33.7. The number of esters is 1. The molecule has 0 N–H and O–H groups in total. The lowest BCUT2D eigenvalue weighted by molar-refractivity contribution is 0.0525. The first-order valence-electron chi connectivity index (χ1n) is 11.4. The minimum atomic E-state index is -0.388. The van der Waals surface area contributed by atoms with Gasteiger partial charge in [0.15, 0.2) is 0 Å². The third-order valence-electron chi connectivity index (χ3n) is 5.94. The molecular formula is C25H28FN5O3. The second kappa shape index (κ2) is 10.0. The van der Waals surface area contributed by atoms with Gasteiger partial charge in [0, 0.05) is 32.4 Å². The molecule has 1 aliphatic heterocycles. The number of halogens is 1. The summed E-state index contributed by atoms with van der Waals surface area (Å²) in [6, 6.07) is 9.57. The normalized spacial score (nSPS) is 14.1. The van der Waals surface area contributed by atoms with Crippen LogP contribution in [0.3, 0.4) is 0 Å². The van der Waals surface area contributed by atoms with Crippen molar-refractivity contribution in [1.82, 2.24) is 19.7 Å². The SMILES string of the molecule is CCOC(=O)c1ccc(N2CCCN(C(=O)c3c(C)nn(-c4ccc(F)cc4)c3C)CC2)nc1. The molecule has 0 atom stereocenters. The van der Waals surface area contributed by atoms with E-state index in [9.17, 15) is 14.0 Å². The molecule has 0 bridgehead atoms. The number of hydrogen-bond acceptors (Lipinski definition) is 6. The van der Waals surface area contributed by atoms with Crippen molar-refractivity contribution in [3.05, 3.63) is 70.9 Å². The Labute approximate surface area is 198 Å². The number of hydrogen-bond donors (Lipinski definition) is 0. The maximum Gasteiger partial charge on any atom is 0.339 e. The molecular weight excluding hydrogens is 437 g/mol. The first-order valence-corrected chi connectivity index (χ1v) is 11.4. The van der Waals surface area contributed by atoms with E-state index in [4.69, 9.17) is 4.74 Å². The van der Waals surface area contributed by atoms with Crippen LogP contribution in [0.2, 0.25) is 0 Å². The van der Waals surface area contributed by atoms with E-state index in [-0.39, 0.29) is 17.7 Å². The maximum atomic E-state index is 13.4. The molecule has 34 heavy (non-hydrogen) atoms. The lowest BCUT2D eigenvalue weighted by atomic mass is 10.1. The predicted molar refractivity (Wildman–Crippen MR) is 126 cm³/mol. The number of aromatic nitrogens is 3. The van der Waals surface area contributed by atoms with Gasteiger partial charge in [-0.1, -0.05) is 0 Å². The van der Waals surface area contributed by atoms with Crippen LogP contribution in [0.5, 0.6) is 0 Å². The molecule has 1 aromatic carbocycles. The fourth-order valence-corrected chi connectivity index (χ4v) is 4.20. The summed E-state index contributed by atoms with van der Waals surface area (Å²) in [7, 11) is 0. The van der Waals surface area contributed by atoms with E-state index in [2.05, 4.69) is 15.0 Å². The molecule has 8 nitrogen and oxygen atoms in total. The Morgan fingerprint density at radius 3 is 2.47 bits per heavy atom. The Balaban J connectivity index is 1.47. The first kappa shape index (κ1) is 23.4. The summed E-state index contributed by atoms with van der Waals surface area (Å²) < 4.78 is 20.0. The number of carbonyl (C=O) groups excluding carboxylic acids is 2.